The van der Waals surface area contributed by atoms with Crippen molar-refractivity contribution in [3.63, 3.8) is 0 Å². The van der Waals surface area contributed by atoms with Gasteiger partial charge < -0.3 is 4.74 Å². The second-order valence-electron chi connectivity index (χ2n) is 4.89. The molecule has 0 bridgehead atoms. The van der Waals surface area contributed by atoms with Gasteiger partial charge in [0, 0.05) is 7.05 Å². The Kier molecular flexibility index (Phi) is 3.89. The molecule has 1 aliphatic rings. The van der Waals surface area contributed by atoms with Crippen LogP contribution in [0.2, 0.25) is 0 Å². The molecule has 2 atom stereocenters. The summed E-state index contributed by atoms with van der Waals surface area (Å²) in [4.78, 5) is 0. The van der Waals surface area contributed by atoms with E-state index in [1.807, 2.05) is 17.8 Å². The fourth-order valence-electron chi connectivity index (χ4n) is 2.78. The van der Waals surface area contributed by atoms with Gasteiger partial charge in [-0.3, -0.25) is 10.5 Å². The molecule has 1 aromatic heterocycles. The second kappa shape index (κ2) is 5.65. The summed E-state index contributed by atoms with van der Waals surface area (Å²) in [5.41, 5.74) is 6.37. The summed E-state index contributed by atoms with van der Waals surface area (Å²) in [7, 11) is 1.90. The first-order chi connectivity index (χ1) is 9.72. The van der Waals surface area contributed by atoms with Gasteiger partial charge in [0.25, 0.3) is 0 Å². The molecule has 3 rings (SSSR count). The van der Waals surface area contributed by atoms with Gasteiger partial charge in [-0.25, -0.2) is 5.43 Å². The number of nitrogens with one attached hydrogen (secondary N) is 1. The van der Waals surface area contributed by atoms with Crippen LogP contribution in [0, 0.1) is 0 Å². The van der Waals surface area contributed by atoms with Gasteiger partial charge in [0.2, 0.25) is 0 Å². The van der Waals surface area contributed by atoms with Crippen molar-refractivity contribution in [2.75, 3.05) is 6.61 Å². The summed E-state index contributed by atoms with van der Waals surface area (Å²) in [6.07, 6.45) is 2.60. The molecule has 0 radical (unpaired) electrons. The van der Waals surface area contributed by atoms with Crippen LogP contribution in [0.1, 0.15) is 29.0 Å². The Labute approximate surface area is 126 Å². The van der Waals surface area contributed by atoms with Crippen LogP contribution in [0.3, 0.4) is 0 Å². The number of aromatic nitrogens is 2. The maximum atomic E-state index is 5.99. The maximum absolute atomic E-state index is 5.99. The van der Waals surface area contributed by atoms with E-state index >= 15 is 0 Å². The minimum Gasteiger partial charge on any atom is -0.371 e. The number of ether oxygens (including phenoxy) is 1. The standard InChI is InChI=1S/C14H17BrN4O/c1-19-13(11(15)8-17-19)12(18-16)14-10-5-3-2-4-9(10)6-7-20-14/h2-5,8,12,14,18H,6-7,16H2,1H3. The number of nitrogens with zero attached hydrogens (tertiary/aromatic N) is 2. The van der Waals surface area contributed by atoms with Crippen LogP contribution in [-0.2, 0) is 18.2 Å². The number of rotatable bonds is 3. The van der Waals surface area contributed by atoms with Crippen molar-refractivity contribution in [1.82, 2.24) is 15.2 Å². The maximum Gasteiger partial charge on any atom is 0.105 e. The molecule has 0 aliphatic carbocycles. The Hall–Kier alpha value is -1.21. The van der Waals surface area contributed by atoms with Crippen molar-refractivity contribution in [2.24, 2.45) is 12.9 Å². The summed E-state index contributed by atoms with van der Waals surface area (Å²) in [5.74, 6) is 5.80. The first-order valence-electron chi connectivity index (χ1n) is 6.55. The number of hydrazine groups is 1. The van der Waals surface area contributed by atoms with E-state index in [2.05, 4.69) is 44.7 Å². The lowest BCUT2D eigenvalue weighted by molar-refractivity contribution is 0.0126. The molecule has 2 aromatic rings. The Morgan fingerprint density at radius 2 is 2.30 bits per heavy atom. The molecular formula is C14H17BrN4O. The predicted octanol–water partition coefficient (Wildman–Crippen LogP) is 2.00. The fraction of sp³-hybridized carbons (Fsp3) is 0.357. The lowest BCUT2D eigenvalue weighted by atomic mass is 9.92. The van der Waals surface area contributed by atoms with Crippen molar-refractivity contribution in [2.45, 2.75) is 18.6 Å². The number of fused-ring (bicyclic) bond motifs is 1. The summed E-state index contributed by atoms with van der Waals surface area (Å²) in [6, 6.07) is 8.20. The van der Waals surface area contributed by atoms with Crippen molar-refractivity contribution >= 4 is 15.9 Å². The van der Waals surface area contributed by atoms with E-state index in [1.54, 1.807) is 6.20 Å². The minimum atomic E-state index is -0.154. The lowest BCUT2D eigenvalue weighted by Crippen LogP contribution is -2.37. The van der Waals surface area contributed by atoms with E-state index in [0.29, 0.717) is 6.61 Å². The molecule has 20 heavy (non-hydrogen) atoms. The first kappa shape index (κ1) is 13.8. The van der Waals surface area contributed by atoms with E-state index in [-0.39, 0.29) is 12.1 Å². The molecule has 5 nitrogen and oxygen atoms in total. The van der Waals surface area contributed by atoms with Gasteiger partial charge in [-0.15, -0.1) is 0 Å². The Morgan fingerprint density at radius 1 is 1.50 bits per heavy atom. The highest BCUT2D eigenvalue weighted by Crippen LogP contribution is 2.38. The molecule has 0 amide bonds. The Bertz CT molecular complexity index is 593. The smallest absolute Gasteiger partial charge is 0.105 e. The van der Waals surface area contributed by atoms with Crippen LogP contribution in [0.5, 0.6) is 0 Å². The van der Waals surface area contributed by atoms with Crippen LogP contribution in [0.25, 0.3) is 0 Å². The van der Waals surface area contributed by atoms with E-state index < -0.39 is 0 Å². The van der Waals surface area contributed by atoms with Crippen LogP contribution >= 0.6 is 15.9 Å². The Morgan fingerprint density at radius 3 is 3.00 bits per heavy atom. The van der Waals surface area contributed by atoms with Crippen LogP contribution < -0.4 is 11.3 Å². The van der Waals surface area contributed by atoms with E-state index in [9.17, 15) is 0 Å². The SMILES string of the molecule is Cn1ncc(Br)c1C(NN)C1OCCc2ccccc21. The summed E-state index contributed by atoms with van der Waals surface area (Å²) in [6.45, 7) is 0.704. The highest BCUT2D eigenvalue weighted by molar-refractivity contribution is 9.10. The second-order valence-corrected chi connectivity index (χ2v) is 5.74. The highest BCUT2D eigenvalue weighted by Gasteiger charge is 2.32. The van der Waals surface area contributed by atoms with Gasteiger partial charge in [-0.2, -0.15) is 5.10 Å². The monoisotopic (exact) mass is 336 g/mol. The van der Waals surface area contributed by atoms with E-state index in [1.165, 1.54) is 11.1 Å². The molecule has 0 spiro atoms. The molecule has 0 saturated heterocycles. The molecule has 2 heterocycles. The number of hydrogen-bond acceptors (Lipinski definition) is 4. The van der Waals surface area contributed by atoms with Gasteiger partial charge in [0.15, 0.2) is 0 Å². The lowest BCUT2D eigenvalue weighted by Gasteiger charge is -2.32. The van der Waals surface area contributed by atoms with E-state index in [0.717, 1.165) is 16.6 Å². The number of nitrogens with two attached hydrogens (primary N) is 1. The summed E-state index contributed by atoms with van der Waals surface area (Å²) >= 11 is 3.53. The number of benzene rings is 1. The molecule has 1 aliphatic heterocycles. The van der Waals surface area contributed by atoms with Crippen molar-refractivity contribution in [1.29, 1.82) is 0 Å². The molecule has 6 heteroatoms. The zero-order valence-electron chi connectivity index (χ0n) is 11.2. The highest BCUT2D eigenvalue weighted by atomic mass is 79.9. The van der Waals surface area contributed by atoms with Gasteiger partial charge in [-0.05, 0) is 33.5 Å². The number of hydrogen-bond donors (Lipinski definition) is 2. The topological polar surface area (TPSA) is 65.1 Å². The predicted molar refractivity (Wildman–Crippen MR) is 79.8 cm³/mol. The molecule has 106 valence electrons. The van der Waals surface area contributed by atoms with Crippen LogP contribution in [-0.4, -0.2) is 16.4 Å². The fourth-order valence-corrected chi connectivity index (χ4v) is 3.38. The largest absolute Gasteiger partial charge is 0.371 e. The zero-order chi connectivity index (χ0) is 14.1. The molecule has 0 saturated carbocycles. The molecule has 3 N–H and O–H groups in total. The van der Waals surface area contributed by atoms with Crippen LogP contribution in [0.15, 0.2) is 34.9 Å². The molecule has 1 aromatic carbocycles. The zero-order valence-corrected chi connectivity index (χ0v) is 12.8. The van der Waals surface area contributed by atoms with Gasteiger partial charge in [0.05, 0.1) is 29.0 Å². The van der Waals surface area contributed by atoms with E-state index in [4.69, 9.17) is 10.6 Å². The minimum absolute atomic E-state index is 0.114. The third-order valence-corrected chi connectivity index (χ3v) is 4.36. The Balaban J connectivity index is 2.03. The third kappa shape index (κ3) is 2.29. The van der Waals surface area contributed by atoms with Crippen LogP contribution in [0.4, 0.5) is 0 Å². The molecular weight excluding hydrogens is 320 g/mol. The third-order valence-electron chi connectivity index (χ3n) is 3.74. The number of aryl methyl sites for hydroxylation is 1. The number of halogens is 1. The average Bonchev–Trinajstić information content (AvgIpc) is 2.81. The van der Waals surface area contributed by atoms with Gasteiger partial charge in [-0.1, -0.05) is 24.3 Å². The quantitative estimate of drug-likeness (QED) is 0.664. The normalized spacial score (nSPS) is 19.6. The summed E-state index contributed by atoms with van der Waals surface area (Å²) < 4.78 is 8.73. The molecule has 0 fully saturated rings. The molecule has 2 unspecified atom stereocenters. The van der Waals surface area contributed by atoms with Gasteiger partial charge >= 0.3 is 0 Å². The first-order valence-corrected chi connectivity index (χ1v) is 7.34. The summed E-state index contributed by atoms with van der Waals surface area (Å²) in [5, 5.41) is 4.25. The van der Waals surface area contributed by atoms with Crippen molar-refractivity contribution < 1.29 is 4.74 Å². The van der Waals surface area contributed by atoms with Crippen molar-refractivity contribution in [3.8, 4) is 0 Å². The van der Waals surface area contributed by atoms with Gasteiger partial charge in [0.1, 0.15) is 6.10 Å². The van der Waals surface area contributed by atoms with Crippen molar-refractivity contribution in [3.05, 3.63) is 51.8 Å². The average molecular weight is 337 g/mol.